The molecule has 0 aromatic carbocycles. The first-order chi connectivity index (χ1) is 12.2. The monoisotopic (exact) mass is 346 g/mol. The van der Waals surface area contributed by atoms with Crippen molar-refractivity contribution in [3.63, 3.8) is 0 Å². The maximum Gasteiger partial charge on any atom is 0.225 e. The van der Waals surface area contributed by atoms with Crippen molar-refractivity contribution in [3.05, 3.63) is 24.2 Å². The van der Waals surface area contributed by atoms with Crippen LogP contribution >= 0.6 is 0 Å². The maximum absolute atomic E-state index is 12.7. The molecule has 1 atom stereocenters. The molecule has 4 rings (SSSR count). The number of piperidine rings is 1. The molecule has 5 nitrogen and oxygen atoms in total. The lowest BCUT2D eigenvalue weighted by Gasteiger charge is -2.57. The van der Waals surface area contributed by atoms with Gasteiger partial charge in [0.15, 0.2) is 0 Å². The second kappa shape index (κ2) is 7.12. The number of likely N-dealkylation sites (tertiary alicyclic amines) is 1. The lowest BCUT2D eigenvalue weighted by molar-refractivity contribution is -0.144. The average Bonchev–Trinajstić information content (AvgIpc) is 3.14. The highest BCUT2D eigenvalue weighted by atomic mass is 16.5. The van der Waals surface area contributed by atoms with E-state index in [0.29, 0.717) is 17.4 Å². The summed E-state index contributed by atoms with van der Waals surface area (Å²) in [7, 11) is 2.22. The van der Waals surface area contributed by atoms with Crippen molar-refractivity contribution in [2.75, 3.05) is 33.4 Å². The number of amides is 1. The first kappa shape index (κ1) is 17.1. The molecule has 1 aliphatic carbocycles. The van der Waals surface area contributed by atoms with Crippen LogP contribution in [-0.4, -0.2) is 55.1 Å². The van der Waals surface area contributed by atoms with E-state index in [9.17, 15) is 4.79 Å². The Kier molecular flexibility index (Phi) is 4.87. The molecule has 0 bridgehead atoms. The van der Waals surface area contributed by atoms with Gasteiger partial charge in [-0.2, -0.15) is 0 Å². The molecule has 0 unspecified atom stereocenters. The van der Waals surface area contributed by atoms with E-state index < -0.39 is 0 Å². The first-order valence-corrected chi connectivity index (χ1v) is 9.77. The van der Waals surface area contributed by atoms with Gasteiger partial charge in [0.2, 0.25) is 5.91 Å². The molecule has 25 heavy (non-hydrogen) atoms. The van der Waals surface area contributed by atoms with Crippen molar-refractivity contribution in [3.8, 4) is 0 Å². The van der Waals surface area contributed by atoms with E-state index in [0.717, 1.165) is 64.3 Å². The molecule has 3 aliphatic rings. The number of hydrogen-bond acceptors (Lipinski definition) is 4. The van der Waals surface area contributed by atoms with Crippen LogP contribution in [0.1, 0.15) is 44.3 Å². The van der Waals surface area contributed by atoms with Gasteiger partial charge in [0.05, 0.1) is 12.8 Å². The molecular weight excluding hydrogens is 316 g/mol. The van der Waals surface area contributed by atoms with Crippen LogP contribution in [0, 0.1) is 11.3 Å². The Hall–Kier alpha value is -1.33. The Morgan fingerprint density at radius 3 is 2.60 bits per heavy atom. The highest BCUT2D eigenvalue weighted by molar-refractivity contribution is 5.79. The largest absolute Gasteiger partial charge is 0.468 e. The Balaban J connectivity index is 1.32. The van der Waals surface area contributed by atoms with E-state index in [4.69, 9.17) is 9.15 Å². The fraction of sp³-hybridized carbons (Fsp3) is 0.750. The summed E-state index contributed by atoms with van der Waals surface area (Å²) in [6.07, 6.45) is 8.42. The van der Waals surface area contributed by atoms with Gasteiger partial charge >= 0.3 is 0 Å². The number of hydrogen-bond donors (Lipinski definition) is 0. The van der Waals surface area contributed by atoms with E-state index in [1.165, 1.54) is 12.8 Å². The Labute approximate surface area is 150 Å². The Bertz CT molecular complexity index is 572. The van der Waals surface area contributed by atoms with E-state index in [1.807, 2.05) is 6.07 Å². The molecule has 3 heterocycles. The third-order valence-corrected chi connectivity index (χ3v) is 6.78. The highest BCUT2D eigenvalue weighted by Gasteiger charge is 2.50. The third-order valence-electron chi connectivity index (χ3n) is 6.78. The molecule has 1 aromatic rings. The van der Waals surface area contributed by atoms with E-state index in [-0.39, 0.29) is 5.92 Å². The molecule has 1 aromatic heterocycles. The Morgan fingerprint density at radius 2 is 2.00 bits per heavy atom. The fourth-order valence-electron chi connectivity index (χ4n) is 5.09. The molecule has 0 N–H and O–H groups in total. The van der Waals surface area contributed by atoms with Crippen LogP contribution in [0.2, 0.25) is 0 Å². The SMILES string of the molecule is CN(Cc1ccco1)[C@H]1CCC12CCN(C(=O)C1CCOCC1)CC2. The number of carbonyl (C=O) groups is 1. The zero-order chi connectivity index (χ0) is 17.3. The van der Waals surface area contributed by atoms with E-state index in [2.05, 4.69) is 22.9 Å². The number of nitrogens with zero attached hydrogens (tertiary/aromatic N) is 2. The van der Waals surface area contributed by atoms with Crippen LogP contribution in [0.4, 0.5) is 0 Å². The maximum atomic E-state index is 12.7. The topological polar surface area (TPSA) is 45.9 Å². The van der Waals surface area contributed by atoms with Crippen molar-refractivity contribution < 1.29 is 13.9 Å². The van der Waals surface area contributed by atoms with E-state index >= 15 is 0 Å². The summed E-state index contributed by atoms with van der Waals surface area (Å²) >= 11 is 0. The van der Waals surface area contributed by atoms with Crippen molar-refractivity contribution >= 4 is 5.91 Å². The van der Waals surface area contributed by atoms with Crippen molar-refractivity contribution in [1.29, 1.82) is 0 Å². The zero-order valence-electron chi connectivity index (χ0n) is 15.3. The van der Waals surface area contributed by atoms with Crippen LogP contribution < -0.4 is 0 Å². The van der Waals surface area contributed by atoms with Crippen molar-refractivity contribution in [2.45, 2.75) is 51.1 Å². The highest BCUT2D eigenvalue weighted by Crippen LogP contribution is 2.51. The molecule has 2 saturated heterocycles. The van der Waals surface area contributed by atoms with Gasteiger partial charge in [-0.05, 0) is 63.1 Å². The second-order valence-electron chi connectivity index (χ2n) is 8.12. The van der Waals surface area contributed by atoms with Gasteiger partial charge in [0.1, 0.15) is 5.76 Å². The van der Waals surface area contributed by atoms with Crippen LogP contribution in [0.25, 0.3) is 0 Å². The van der Waals surface area contributed by atoms with Gasteiger partial charge in [0, 0.05) is 38.3 Å². The number of rotatable bonds is 4. The summed E-state index contributed by atoms with van der Waals surface area (Å²) < 4.78 is 10.9. The minimum atomic E-state index is 0.196. The minimum absolute atomic E-state index is 0.196. The molecule has 1 saturated carbocycles. The lowest BCUT2D eigenvalue weighted by atomic mass is 9.58. The molecule has 5 heteroatoms. The smallest absolute Gasteiger partial charge is 0.225 e. The fourth-order valence-corrected chi connectivity index (χ4v) is 5.09. The van der Waals surface area contributed by atoms with Gasteiger partial charge in [-0.3, -0.25) is 9.69 Å². The van der Waals surface area contributed by atoms with Crippen molar-refractivity contribution in [1.82, 2.24) is 9.80 Å². The zero-order valence-corrected chi connectivity index (χ0v) is 15.3. The van der Waals surface area contributed by atoms with Crippen molar-refractivity contribution in [2.24, 2.45) is 11.3 Å². The molecule has 1 amide bonds. The van der Waals surface area contributed by atoms with Gasteiger partial charge in [-0.15, -0.1) is 0 Å². The van der Waals surface area contributed by atoms with Gasteiger partial charge in [-0.25, -0.2) is 0 Å². The second-order valence-corrected chi connectivity index (χ2v) is 8.12. The molecule has 138 valence electrons. The number of carbonyl (C=O) groups excluding carboxylic acids is 1. The van der Waals surface area contributed by atoms with Crippen LogP contribution in [0.3, 0.4) is 0 Å². The first-order valence-electron chi connectivity index (χ1n) is 9.77. The third kappa shape index (κ3) is 3.36. The summed E-state index contributed by atoms with van der Waals surface area (Å²) in [6.45, 7) is 4.23. The number of ether oxygens (including phenoxy) is 1. The number of furan rings is 1. The van der Waals surface area contributed by atoms with Crippen LogP contribution in [0.15, 0.2) is 22.8 Å². The molecule has 0 radical (unpaired) electrons. The summed E-state index contributed by atoms with van der Waals surface area (Å²) in [5, 5.41) is 0. The predicted molar refractivity (Wildman–Crippen MR) is 95.0 cm³/mol. The summed E-state index contributed by atoms with van der Waals surface area (Å²) in [5.74, 6) is 1.61. The van der Waals surface area contributed by atoms with Gasteiger partial charge in [-0.1, -0.05) is 0 Å². The summed E-state index contributed by atoms with van der Waals surface area (Å²) in [6, 6.07) is 4.63. The van der Waals surface area contributed by atoms with Gasteiger partial charge < -0.3 is 14.1 Å². The standard InChI is InChI=1S/C20H30N2O3/c1-21(15-17-3-2-12-25-17)18-4-7-20(18)8-10-22(11-9-20)19(23)16-5-13-24-14-6-16/h2-3,12,16,18H,4-11,13-15H2,1H3/t18-/m0/s1. The normalized spacial score (nSPS) is 26.8. The van der Waals surface area contributed by atoms with E-state index in [1.54, 1.807) is 6.26 Å². The average molecular weight is 346 g/mol. The summed E-state index contributed by atoms with van der Waals surface area (Å²) in [5.41, 5.74) is 0.411. The quantitative estimate of drug-likeness (QED) is 0.841. The molecule has 2 aliphatic heterocycles. The van der Waals surface area contributed by atoms with Gasteiger partial charge in [0.25, 0.3) is 0 Å². The molecule has 3 fully saturated rings. The summed E-state index contributed by atoms with van der Waals surface area (Å²) in [4.78, 5) is 17.3. The predicted octanol–water partition coefficient (Wildman–Crippen LogP) is 2.91. The van der Waals surface area contributed by atoms with Crippen LogP contribution in [0.5, 0.6) is 0 Å². The minimum Gasteiger partial charge on any atom is -0.468 e. The Morgan fingerprint density at radius 1 is 1.24 bits per heavy atom. The molecular formula is C20H30N2O3. The van der Waals surface area contributed by atoms with Crippen LogP contribution in [-0.2, 0) is 16.1 Å². The molecule has 1 spiro atoms. The lowest BCUT2D eigenvalue weighted by Crippen LogP contribution is -2.59.